The molecular formula is C20H18N4O5. The number of amides is 1. The van der Waals surface area contributed by atoms with Crippen LogP contribution in [0.25, 0.3) is 0 Å². The van der Waals surface area contributed by atoms with Crippen LogP contribution in [0.3, 0.4) is 0 Å². The van der Waals surface area contributed by atoms with Crippen LogP contribution in [0.15, 0.2) is 48.8 Å². The number of methoxy groups -OCH3 is 2. The number of aromatic nitrogens is 2. The monoisotopic (exact) mass is 394 g/mol. The van der Waals surface area contributed by atoms with Crippen LogP contribution < -0.4 is 29.6 Å². The lowest BCUT2D eigenvalue weighted by Gasteiger charge is -2.10. The van der Waals surface area contributed by atoms with Crippen molar-refractivity contribution in [2.24, 2.45) is 0 Å². The Hall–Kier alpha value is -4.01. The highest BCUT2D eigenvalue weighted by molar-refractivity contribution is 6.02. The molecule has 9 heteroatoms. The van der Waals surface area contributed by atoms with E-state index in [0.29, 0.717) is 34.5 Å². The molecular weight excluding hydrogens is 376 g/mol. The average molecular weight is 394 g/mol. The second-order valence-corrected chi connectivity index (χ2v) is 6.00. The minimum atomic E-state index is -0.389. The molecule has 0 atom stereocenters. The Morgan fingerprint density at radius 3 is 2.48 bits per heavy atom. The van der Waals surface area contributed by atoms with Gasteiger partial charge in [-0.1, -0.05) is 0 Å². The van der Waals surface area contributed by atoms with Crippen molar-refractivity contribution in [2.45, 2.75) is 0 Å². The molecule has 2 heterocycles. The molecule has 3 aromatic rings. The van der Waals surface area contributed by atoms with Crippen molar-refractivity contribution in [2.75, 3.05) is 31.6 Å². The van der Waals surface area contributed by atoms with E-state index in [0.717, 1.165) is 5.69 Å². The van der Waals surface area contributed by atoms with E-state index in [9.17, 15) is 4.79 Å². The van der Waals surface area contributed by atoms with Gasteiger partial charge in [-0.3, -0.25) is 4.79 Å². The summed E-state index contributed by atoms with van der Waals surface area (Å²) in [6.45, 7) is 0.211. The number of benzene rings is 2. The largest absolute Gasteiger partial charge is 0.493 e. The van der Waals surface area contributed by atoms with Crippen molar-refractivity contribution in [3.05, 3.63) is 54.5 Å². The fourth-order valence-electron chi connectivity index (χ4n) is 2.74. The number of nitrogens with zero attached hydrogens (tertiary/aromatic N) is 2. The third kappa shape index (κ3) is 3.98. The van der Waals surface area contributed by atoms with Crippen LogP contribution in [-0.2, 0) is 0 Å². The van der Waals surface area contributed by atoms with Gasteiger partial charge in [-0.25, -0.2) is 9.97 Å². The Labute approximate surface area is 166 Å². The molecule has 2 aromatic carbocycles. The summed E-state index contributed by atoms with van der Waals surface area (Å²) in [5.41, 5.74) is 1.50. The molecule has 1 aliphatic rings. The molecule has 29 heavy (non-hydrogen) atoms. The van der Waals surface area contributed by atoms with Crippen LogP contribution >= 0.6 is 0 Å². The first-order valence-electron chi connectivity index (χ1n) is 8.68. The van der Waals surface area contributed by atoms with Crippen molar-refractivity contribution in [3.63, 3.8) is 0 Å². The zero-order chi connectivity index (χ0) is 20.2. The highest BCUT2D eigenvalue weighted by atomic mass is 16.7. The van der Waals surface area contributed by atoms with Gasteiger partial charge in [0.15, 0.2) is 23.0 Å². The molecule has 9 nitrogen and oxygen atoms in total. The molecule has 2 N–H and O–H groups in total. The van der Waals surface area contributed by atoms with Gasteiger partial charge in [0.25, 0.3) is 5.91 Å². The van der Waals surface area contributed by atoms with Gasteiger partial charge in [0, 0.05) is 23.5 Å². The van der Waals surface area contributed by atoms with Gasteiger partial charge in [0.05, 0.1) is 26.6 Å². The van der Waals surface area contributed by atoms with E-state index in [1.165, 1.54) is 19.5 Å². The summed E-state index contributed by atoms with van der Waals surface area (Å²) in [5, 5.41) is 5.86. The van der Waals surface area contributed by atoms with Gasteiger partial charge in [-0.05, 0) is 24.3 Å². The van der Waals surface area contributed by atoms with E-state index in [1.54, 1.807) is 25.3 Å². The molecule has 0 bridgehead atoms. The molecule has 148 valence electrons. The number of rotatable bonds is 6. The number of fused-ring (bicyclic) bond motifs is 1. The van der Waals surface area contributed by atoms with Gasteiger partial charge in [-0.2, -0.15) is 0 Å². The highest BCUT2D eigenvalue weighted by Crippen LogP contribution is 2.35. The van der Waals surface area contributed by atoms with Crippen LogP contribution in [-0.4, -0.2) is 36.9 Å². The van der Waals surface area contributed by atoms with Gasteiger partial charge in [-0.15, -0.1) is 0 Å². The van der Waals surface area contributed by atoms with Crippen LogP contribution in [0, 0.1) is 0 Å². The van der Waals surface area contributed by atoms with Crippen LogP contribution in [0.1, 0.15) is 10.5 Å². The van der Waals surface area contributed by atoms with E-state index in [2.05, 4.69) is 20.6 Å². The number of hydrogen-bond donors (Lipinski definition) is 2. The number of ether oxygens (including phenoxy) is 4. The van der Waals surface area contributed by atoms with Crippen LogP contribution in [0.5, 0.6) is 23.0 Å². The molecule has 0 fully saturated rings. The fourth-order valence-corrected chi connectivity index (χ4v) is 2.74. The predicted octanol–water partition coefficient (Wildman–Crippen LogP) is 3.22. The first-order valence-corrected chi connectivity index (χ1v) is 8.68. The summed E-state index contributed by atoms with van der Waals surface area (Å²) in [5.74, 6) is 2.55. The Balaban J connectivity index is 1.43. The summed E-state index contributed by atoms with van der Waals surface area (Å²) in [7, 11) is 3.08. The predicted molar refractivity (Wildman–Crippen MR) is 105 cm³/mol. The Morgan fingerprint density at radius 1 is 0.931 bits per heavy atom. The quantitative estimate of drug-likeness (QED) is 0.657. The number of nitrogens with one attached hydrogen (secondary N) is 2. The number of carbonyl (C=O) groups is 1. The lowest BCUT2D eigenvalue weighted by Crippen LogP contribution is -2.14. The SMILES string of the molecule is COc1ccc(NC(=O)c2cnc(Nc3ccc4c(c3)OCO4)cn2)cc1OC. The summed E-state index contributed by atoms with van der Waals surface area (Å²) < 4.78 is 21.1. The van der Waals surface area contributed by atoms with Gasteiger partial charge in [0.2, 0.25) is 6.79 Å². The summed E-state index contributed by atoms with van der Waals surface area (Å²) in [6, 6.07) is 10.5. The van der Waals surface area contributed by atoms with E-state index < -0.39 is 0 Å². The molecule has 0 saturated carbocycles. The van der Waals surface area contributed by atoms with Crippen LogP contribution in [0.2, 0.25) is 0 Å². The first kappa shape index (κ1) is 18.4. The maximum absolute atomic E-state index is 12.4. The third-order valence-electron chi connectivity index (χ3n) is 4.17. The Kier molecular flexibility index (Phi) is 5.02. The smallest absolute Gasteiger partial charge is 0.275 e. The fraction of sp³-hybridized carbons (Fsp3) is 0.150. The van der Waals surface area contributed by atoms with Crippen molar-refractivity contribution >= 4 is 23.1 Å². The maximum Gasteiger partial charge on any atom is 0.275 e. The van der Waals surface area contributed by atoms with Crippen molar-refractivity contribution in [1.82, 2.24) is 9.97 Å². The zero-order valence-corrected chi connectivity index (χ0v) is 15.8. The molecule has 0 unspecified atom stereocenters. The third-order valence-corrected chi connectivity index (χ3v) is 4.17. The molecule has 0 saturated heterocycles. The number of carbonyl (C=O) groups excluding carboxylic acids is 1. The topological polar surface area (TPSA) is 104 Å². The molecule has 1 amide bonds. The average Bonchev–Trinajstić information content (AvgIpc) is 3.22. The van der Waals surface area contributed by atoms with Gasteiger partial charge < -0.3 is 29.6 Å². The van der Waals surface area contributed by atoms with E-state index in [-0.39, 0.29) is 18.4 Å². The highest BCUT2D eigenvalue weighted by Gasteiger charge is 2.14. The number of anilines is 3. The summed E-state index contributed by atoms with van der Waals surface area (Å²) in [6.07, 6.45) is 2.87. The van der Waals surface area contributed by atoms with E-state index in [4.69, 9.17) is 18.9 Å². The van der Waals surface area contributed by atoms with Gasteiger partial charge in [0.1, 0.15) is 11.5 Å². The lowest BCUT2D eigenvalue weighted by molar-refractivity contribution is 0.102. The van der Waals surface area contributed by atoms with Crippen molar-refractivity contribution in [3.8, 4) is 23.0 Å². The Bertz CT molecular complexity index is 1040. The molecule has 4 rings (SSSR count). The first-order chi connectivity index (χ1) is 14.2. The van der Waals surface area contributed by atoms with Crippen LogP contribution in [0.4, 0.5) is 17.2 Å². The normalized spacial score (nSPS) is 11.7. The second kappa shape index (κ2) is 7.93. The molecule has 0 radical (unpaired) electrons. The summed E-state index contributed by atoms with van der Waals surface area (Å²) >= 11 is 0. The Morgan fingerprint density at radius 2 is 1.72 bits per heavy atom. The molecule has 0 aliphatic carbocycles. The molecule has 1 aliphatic heterocycles. The molecule has 1 aromatic heterocycles. The molecule has 0 spiro atoms. The zero-order valence-electron chi connectivity index (χ0n) is 15.8. The van der Waals surface area contributed by atoms with E-state index >= 15 is 0 Å². The number of hydrogen-bond acceptors (Lipinski definition) is 8. The lowest BCUT2D eigenvalue weighted by atomic mass is 10.2. The van der Waals surface area contributed by atoms with Gasteiger partial charge >= 0.3 is 0 Å². The van der Waals surface area contributed by atoms with E-state index in [1.807, 2.05) is 18.2 Å². The minimum absolute atomic E-state index is 0.177. The minimum Gasteiger partial charge on any atom is -0.493 e. The van der Waals surface area contributed by atoms with Crippen molar-refractivity contribution < 1.29 is 23.7 Å². The standard InChI is InChI=1S/C20H18N4O5/c1-26-15-5-3-13(7-17(15)27-2)24-20(25)14-9-22-19(10-21-14)23-12-4-6-16-18(8-12)29-11-28-16/h3-10H,11H2,1-2H3,(H,22,23)(H,24,25). The summed E-state index contributed by atoms with van der Waals surface area (Å²) in [4.78, 5) is 20.8. The maximum atomic E-state index is 12.4. The van der Waals surface area contributed by atoms with Crippen molar-refractivity contribution in [1.29, 1.82) is 0 Å². The second-order valence-electron chi connectivity index (χ2n) is 6.00.